The zero-order valence-electron chi connectivity index (χ0n) is 34.0. The van der Waals surface area contributed by atoms with Gasteiger partial charge in [0.25, 0.3) is 0 Å². The summed E-state index contributed by atoms with van der Waals surface area (Å²) in [6.07, 6.45) is 15.2. The summed E-state index contributed by atoms with van der Waals surface area (Å²) >= 11 is 7.69. The highest BCUT2D eigenvalue weighted by Gasteiger charge is 2.33. The number of benzene rings is 6. The average Bonchev–Trinajstić information content (AvgIpc) is 3.73. The van der Waals surface area contributed by atoms with E-state index in [4.69, 9.17) is 9.47 Å². The van der Waals surface area contributed by atoms with Crippen LogP contribution in [0.25, 0.3) is 55.7 Å². The van der Waals surface area contributed by atoms with Crippen molar-refractivity contribution < 1.29 is 9.47 Å². The van der Waals surface area contributed by atoms with Crippen molar-refractivity contribution >= 4 is 43.0 Å². The molecule has 2 nitrogen and oxygen atoms in total. The molecule has 6 aromatic carbocycles. The summed E-state index contributed by atoms with van der Waals surface area (Å²) in [5.74, 6) is 1.88. The van der Waals surface area contributed by atoms with Crippen LogP contribution in [-0.2, 0) is 0 Å². The second kappa shape index (κ2) is 19.1. The molecule has 0 aromatic heterocycles. The minimum Gasteiger partial charge on any atom is -0.494 e. The highest BCUT2D eigenvalue weighted by Crippen LogP contribution is 2.56. The van der Waals surface area contributed by atoms with Crippen molar-refractivity contribution in [3.63, 3.8) is 0 Å². The minimum absolute atomic E-state index is 0.773. The Morgan fingerprint density at radius 3 is 1.05 bits per heavy atom. The third-order valence-corrected chi connectivity index (χ3v) is 12.8. The van der Waals surface area contributed by atoms with Crippen molar-refractivity contribution in [1.82, 2.24) is 0 Å². The van der Waals surface area contributed by atoms with Crippen molar-refractivity contribution in [2.75, 3.05) is 13.2 Å². The number of hydrogen-bond acceptors (Lipinski definition) is 2. The van der Waals surface area contributed by atoms with Crippen LogP contribution in [0.15, 0.2) is 130 Å². The molecule has 0 amide bonds. The Balaban J connectivity index is 1.12. The van der Waals surface area contributed by atoms with Gasteiger partial charge in [0, 0.05) is 8.95 Å². The maximum Gasteiger partial charge on any atom is 0.119 e. The Kier molecular flexibility index (Phi) is 13.3. The molecule has 0 bridgehead atoms. The summed E-state index contributed by atoms with van der Waals surface area (Å²) in [5.41, 5.74) is 17.4. The lowest BCUT2D eigenvalue weighted by Crippen LogP contribution is -1.97. The van der Waals surface area contributed by atoms with Crippen molar-refractivity contribution in [3.05, 3.63) is 153 Å². The molecule has 6 aromatic rings. The lowest BCUT2D eigenvalue weighted by atomic mass is 9.89. The summed E-state index contributed by atoms with van der Waals surface area (Å²) in [7, 11) is 0. The van der Waals surface area contributed by atoms with E-state index < -0.39 is 0 Å². The Morgan fingerprint density at radius 2 is 0.655 bits per heavy atom. The molecule has 0 saturated heterocycles. The van der Waals surface area contributed by atoms with E-state index in [1.165, 1.54) is 142 Å². The third-order valence-electron chi connectivity index (χ3n) is 11.8. The average molecular weight is 895 g/mol. The molecule has 0 N–H and O–H groups in total. The molecule has 2 aliphatic rings. The first-order valence-corrected chi connectivity index (χ1v) is 23.2. The number of unbranched alkanes of at least 4 members (excludes halogenated alkanes) is 10. The van der Waals surface area contributed by atoms with E-state index in [2.05, 4.69) is 167 Å². The Bertz CT molecular complexity index is 2220. The van der Waals surface area contributed by atoms with Crippen LogP contribution >= 0.6 is 31.9 Å². The smallest absolute Gasteiger partial charge is 0.119 e. The number of ether oxygens (including phenoxy) is 2. The quantitative estimate of drug-likeness (QED) is 0.0799. The molecule has 0 aliphatic heterocycles. The van der Waals surface area contributed by atoms with E-state index in [0.717, 1.165) is 46.5 Å². The summed E-state index contributed by atoms with van der Waals surface area (Å²) in [6.45, 7) is 6.07. The van der Waals surface area contributed by atoms with Gasteiger partial charge >= 0.3 is 0 Å². The molecule has 296 valence electrons. The highest BCUT2D eigenvalue weighted by atomic mass is 79.9. The van der Waals surface area contributed by atoms with E-state index in [9.17, 15) is 0 Å². The second-order valence-corrected chi connectivity index (χ2v) is 17.8. The molecule has 0 atom stereocenters. The molecule has 0 spiro atoms. The molecule has 0 unspecified atom stereocenters. The predicted molar refractivity (Wildman–Crippen MR) is 253 cm³/mol. The van der Waals surface area contributed by atoms with E-state index in [1.807, 2.05) is 0 Å². The van der Waals surface area contributed by atoms with Crippen LogP contribution in [0.3, 0.4) is 0 Å². The molecule has 0 saturated carbocycles. The van der Waals surface area contributed by atoms with Gasteiger partial charge in [0.2, 0.25) is 0 Å². The van der Waals surface area contributed by atoms with E-state index in [-0.39, 0.29) is 0 Å². The fourth-order valence-corrected chi connectivity index (χ4v) is 9.43. The molecule has 2 aliphatic carbocycles. The van der Waals surface area contributed by atoms with E-state index in [1.54, 1.807) is 0 Å². The van der Waals surface area contributed by atoms with Gasteiger partial charge in [-0.2, -0.15) is 0 Å². The van der Waals surface area contributed by atoms with Crippen LogP contribution in [0.1, 0.15) is 113 Å². The van der Waals surface area contributed by atoms with E-state index >= 15 is 0 Å². The first-order chi connectivity index (χ1) is 28.5. The normalized spacial score (nSPS) is 13.6. The van der Waals surface area contributed by atoms with Gasteiger partial charge in [-0.05, 0) is 151 Å². The maximum atomic E-state index is 6.15. The maximum absolute atomic E-state index is 6.15. The van der Waals surface area contributed by atoms with Gasteiger partial charge in [-0.1, -0.05) is 171 Å². The molecule has 8 rings (SSSR count). The molecular formula is C54H54Br2O2. The Hall–Kier alpha value is -4.38. The topological polar surface area (TPSA) is 18.5 Å². The zero-order chi connectivity index (χ0) is 39.8. The van der Waals surface area contributed by atoms with Gasteiger partial charge in [0.05, 0.1) is 13.2 Å². The highest BCUT2D eigenvalue weighted by molar-refractivity contribution is 9.10. The van der Waals surface area contributed by atoms with Crippen LogP contribution in [0.2, 0.25) is 0 Å². The van der Waals surface area contributed by atoms with E-state index in [0.29, 0.717) is 0 Å². The van der Waals surface area contributed by atoms with Gasteiger partial charge in [-0.3, -0.25) is 0 Å². The Morgan fingerprint density at radius 1 is 0.328 bits per heavy atom. The van der Waals surface area contributed by atoms with Gasteiger partial charge in [-0.15, -0.1) is 0 Å². The van der Waals surface area contributed by atoms with Crippen LogP contribution in [0.5, 0.6) is 11.5 Å². The van der Waals surface area contributed by atoms with Crippen LogP contribution in [0.4, 0.5) is 0 Å². The zero-order valence-corrected chi connectivity index (χ0v) is 37.2. The molecule has 4 heteroatoms. The summed E-state index contributed by atoms with van der Waals surface area (Å²) in [5, 5.41) is 0. The van der Waals surface area contributed by atoms with Crippen molar-refractivity contribution in [3.8, 4) is 56.0 Å². The van der Waals surface area contributed by atoms with Crippen LogP contribution in [-0.4, -0.2) is 13.2 Å². The van der Waals surface area contributed by atoms with Crippen LogP contribution in [0, 0.1) is 0 Å². The SMILES string of the molecule is CCCCCCCCOc1ccc(-c2ccc3c(c2)/C(=C2/c4cc(Br)ccc4-c4ccc(-c5ccc(OCCCCCCCC)cc5)cc42)c2cc(Br)ccc2-3)cc1. The molecule has 0 heterocycles. The van der Waals surface area contributed by atoms with Gasteiger partial charge in [-0.25, -0.2) is 0 Å². The predicted octanol–water partition coefficient (Wildman–Crippen LogP) is 17.0. The molecule has 58 heavy (non-hydrogen) atoms. The van der Waals surface area contributed by atoms with Crippen molar-refractivity contribution in [1.29, 1.82) is 0 Å². The fourth-order valence-electron chi connectivity index (χ4n) is 8.71. The number of fused-ring (bicyclic) bond motifs is 6. The van der Waals surface area contributed by atoms with Gasteiger partial charge in [0.15, 0.2) is 0 Å². The first kappa shape index (κ1) is 40.4. The second-order valence-electron chi connectivity index (χ2n) is 15.9. The minimum atomic E-state index is 0.773. The van der Waals surface area contributed by atoms with Crippen molar-refractivity contribution in [2.24, 2.45) is 0 Å². The monoisotopic (exact) mass is 892 g/mol. The molecule has 0 radical (unpaired) electrons. The lowest BCUT2D eigenvalue weighted by molar-refractivity contribution is 0.304. The summed E-state index contributed by atoms with van der Waals surface area (Å²) < 4.78 is 14.5. The first-order valence-electron chi connectivity index (χ1n) is 21.6. The lowest BCUT2D eigenvalue weighted by Gasteiger charge is -2.14. The number of hydrogen-bond donors (Lipinski definition) is 0. The summed E-state index contributed by atoms with van der Waals surface area (Å²) in [4.78, 5) is 0. The van der Waals surface area contributed by atoms with Crippen LogP contribution < -0.4 is 9.47 Å². The standard InChI is InChI=1S/C54H54Br2O2/c1-3-5-7-9-11-13-31-57-43-23-15-37(16-24-43)39-19-27-45-47-29-21-41(55)35-51(47)53(49(45)33-39)54-50-34-40(20-28-46(50)48-30-22-42(56)36-52(48)54)38-17-25-44(26-18-38)58-32-14-12-10-8-6-4-2/h15-30,33-36H,3-14,31-32H2,1-2H3/b54-53-. The Labute approximate surface area is 363 Å². The van der Waals surface area contributed by atoms with Gasteiger partial charge in [0.1, 0.15) is 11.5 Å². The summed E-state index contributed by atoms with van der Waals surface area (Å²) in [6, 6.07) is 44.8. The molecule has 0 fully saturated rings. The number of halogens is 2. The largest absolute Gasteiger partial charge is 0.494 e. The fraction of sp³-hybridized carbons (Fsp3) is 0.296. The van der Waals surface area contributed by atoms with Gasteiger partial charge < -0.3 is 9.47 Å². The van der Waals surface area contributed by atoms with Crippen molar-refractivity contribution in [2.45, 2.75) is 90.9 Å². The molecular weight excluding hydrogens is 840 g/mol. The number of rotatable bonds is 18. The third kappa shape index (κ3) is 8.94.